The highest BCUT2D eigenvalue weighted by atomic mass is 79.9. The van der Waals surface area contributed by atoms with Crippen molar-refractivity contribution >= 4 is 27.9 Å². The number of carbonyl (C=O) groups is 1. The van der Waals surface area contributed by atoms with Crippen molar-refractivity contribution in [3.05, 3.63) is 58.6 Å². The molecule has 132 valence electrons. The van der Waals surface area contributed by atoms with Crippen LogP contribution in [0.2, 0.25) is 0 Å². The van der Waals surface area contributed by atoms with Gasteiger partial charge in [0.2, 0.25) is 5.91 Å². The van der Waals surface area contributed by atoms with Crippen LogP contribution in [0, 0.1) is 0 Å². The van der Waals surface area contributed by atoms with E-state index < -0.39 is 0 Å². The second-order valence-corrected chi connectivity index (χ2v) is 5.95. The van der Waals surface area contributed by atoms with E-state index in [-0.39, 0.29) is 5.91 Å². The SMILES string of the molecule is COc1ccc(OC)c(/C=C/C(=O)NCCOc2cccc(Br)c2)c1. The molecule has 2 aromatic rings. The fraction of sp³-hybridized carbons (Fsp3) is 0.211. The van der Waals surface area contributed by atoms with Gasteiger partial charge in [0.05, 0.1) is 20.8 Å². The summed E-state index contributed by atoms with van der Waals surface area (Å²) < 4.78 is 17.0. The molecule has 0 aliphatic heterocycles. The van der Waals surface area contributed by atoms with Crippen molar-refractivity contribution in [3.8, 4) is 17.2 Å². The van der Waals surface area contributed by atoms with Crippen LogP contribution in [0.25, 0.3) is 6.08 Å². The number of methoxy groups -OCH3 is 2. The van der Waals surface area contributed by atoms with E-state index in [0.717, 1.165) is 15.8 Å². The molecule has 5 nitrogen and oxygen atoms in total. The molecule has 0 fully saturated rings. The summed E-state index contributed by atoms with van der Waals surface area (Å²) in [5.41, 5.74) is 0.766. The maximum atomic E-state index is 11.9. The van der Waals surface area contributed by atoms with Gasteiger partial charge in [0.15, 0.2) is 0 Å². The first-order chi connectivity index (χ1) is 12.1. The molecule has 0 radical (unpaired) electrons. The summed E-state index contributed by atoms with van der Waals surface area (Å²) in [6.07, 6.45) is 3.14. The third-order valence-corrected chi connectivity index (χ3v) is 3.81. The second kappa shape index (κ2) is 9.74. The van der Waals surface area contributed by atoms with E-state index in [9.17, 15) is 4.79 Å². The molecule has 6 heteroatoms. The lowest BCUT2D eigenvalue weighted by Crippen LogP contribution is -2.26. The number of hydrogen-bond donors (Lipinski definition) is 1. The largest absolute Gasteiger partial charge is 0.497 e. The quantitative estimate of drug-likeness (QED) is 0.537. The fourth-order valence-corrected chi connectivity index (χ4v) is 2.47. The van der Waals surface area contributed by atoms with Gasteiger partial charge in [0.1, 0.15) is 23.9 Å². The van der Waals surface area contributed by atoms with E-state index in [4.69, 9.17) is 14.2 Å². The Hall–Kier alpha value is -2.47. The zero-order chi connectivity index (χ0) is 18.1. The van der Waals surface area contributed by atoms with Crippen molar-refractivity contribution in [2.24, 2.45) is 0 Å². The number of halogens is 1. The zero-order valence-corrected chi connectivity index (χ0v) is 15.7. The molecule has 0 atom stereocenters. The van der Waals surface area contributed by atoms with Gasteiger partial charge in [0.25, 0.3) is 0 Å². The first-order valence-corrected chi connectivity index (χ1v) is 8.48. The molecular weight excluding hydrogens is 386 g/mol. The lowest BCUT2D eigenvalue weighted by Gasteiger charge is -2.08. The van der Waals surface area contributed by atoms with Gasteiger partial charge in [0, 0.05) is 16.1 Å². The molecule has 1 amide bonds. The third kappa shape index (κ3) is 6.15. The minimum atomic E-state index is -0.206. The van der Waals surface area contributed by atoms with E-state index >= 15 is 0 Å². The van der Waals surface area contributed by atoms with E-state index in [1.54, 1.807) is 38.5 Å². The third-order valence-electron chi connectivity index (χ3n) is 3.32. The molecule has 25 heavy (non-hydrogen) atoms. The predicted octanol–water partition coefficient (Wildman–Crippen LogP) is 3.67. The molecule has 0 aromatic heterocycles. The number of benzene rings is 2. The fourth-order valence-electron chi connectivity index (χ4n) is 2.09. The number of amides is 1. The minimum Gasteiger partial charge on any atom is -0.497 e. The van der Waals surface area contributed by atoms with E-state index in [2.05, 4.69) is 21.2 Å². The van der Waals surface area contributed by atoms with Crippen LogP contribution in [-0.4, -0.2) is 33.3 Å². The first-order valence-electron chi connectivity index (χ1n) is 7.68. The normalized spacial score (nSPS) is 10.5. The monoisotopic (exact) mass is 405 g/mol. The van der Waals surface area contributed by atoms with Gasteiger partial charge in [-0.25, -0.2) is 0 Å². The summed E-state index contributed by atoms with van der Waals surface area (Å²) in [6, 6.07) is 12.9. The highest BCUT2D eigenvalue weighted by Crippen LogP contribution is 2.25. The van der Waals surface area contributed by atoms with E-state index in [1.807, 2.05) is 24.3 Å². The summed E-state index contributed by atoms with van der Waals surface area (Å²) in [4.78, 5) is 11.9. The standard InChI is InChI=1S/C19H20BrNO4/c1-23-16-7-8-18(24-2)14(12-16)6-9-19(22)21-10-11-25-17-5-3-4-15(20)13-17/h3-9,12-13H,10-11H2,1-2H3,(H,21,22)/b9-6+. The van der Waals surface area contributed by atoms with Gasteiger partial charge in [-0.1, -0.05) is 22.0 Å². The lowest BCUT2D eigenvalue weighted by atomic mass is 10.1. The summed E-state index contributed by atoms with van der Waals surface area (Å²) in [5, 5.41) is 2.77. The van der Waals surface area contributed by atoms with Crippen molar-refractivity contribution in [2.75, 3.05) is 27.4 Å². The Labute approximate surface area is 155 Å². The van der Waals surface area contributed by atoms with Gasteiger partial charge in [-0.05, 0) is 42.5 Å². The number of ether oxygens (including phenoxy) is 3. The molecular formula is C19H20BrNO4. The Bertz CT molecular complexity index is 746. The zero-order valence-electron chi connectivity index (χ0n) is 14.1. The molecule has 0 bridgehead atoms. The molecule has 0 saturated carbocycles. The lowest BCUT2D eigenvalue weighted by molar-refractivity contribution is -0.116. The van der Waals surface area contributed by atoms with Crippen molar-refractivity contribution in [2.45, 2.75) is 0 Å². The van der Waals surface area contributed by atoms with Crippen LogP contribution in [0.1, 0.15) is 5.56 Å². The van der Waals surface area contributed by atoms with Gasteiger partial charge in [-0.15, -0.1) is 0 Å². The summed E-state index contributed by atoms with van der Waals surface area (Å²) in [6.45, 7) is 0.795. The number of nitrogens with one attached hydrogen (secondary N) is 1. The van der Waals surface area contributed by atoms with Crippen LogP contribution in [0.5, 0.6) is 17.2 Å². The van der Waals surface area contributed by atoms with Crippen LogP contribution < -0.4 is 19.5 Å². The van der Waals surface area contributed by atoms with Crippen LogP contribution in [-0.2, 0) is 4.79 Å². The van der Waals surface area contributed by atoms with Crippen molar-refractivity contribution in [1.29, 1.82) is 0 Å². The van der Waals surface area contributed by atoms with Gasteiger partial charge in [-0.3, -0.25) is 4.79 Å². The van der Waals surface area contributed by atoms with Crippen molar-refractivity contribution in [1.82, 2.24) is 5.32 Å². The minimum absolute atomic E-state index is 0.206. The van der Waals surface area contributed by atoms with Crippen LogP contribution in [0.3, 0.4) is 0 Å². The predicted molar refractivity (Wildman–Crippen MR) is 101 cm³/mol. The average molecular weight is 406 g/mol. The average Bonchev–Trinajstić information content (AvgIpc) is 2.63. The second-order valence-electron chi connectivity index (χ2n) is 5.04. The van der Waals surface area contributed by atoms with Gasteiger partial charge in [-0.2, -0.15) is 0 Å². The van der Waals surface area contributed by atoms with Crippen molar-refractivity contribution < 1.29 is 19.0 Å². The highest BCUT2D eigenvalue weighted by Gasteiger charge is 2.03. The molecule has 0 saturated heterocycles. The Morgan fingerprint density at radius 3 is 2.68 bits per heavy atom. The molecule has 1 N–H and O–H groups in total. The maximum absolute atomic E-state index is 11.9. The molecule has 0 aliphatic rings. The van der Waals surface area contributed by atoms with E-state index in [1.165, 1.54) is 6.08 Å². The molecule has 0 aliphatic carbocycles. The van der Waals surface area contributed by atoms with Gasteiger partial charge >= 0.3 is 0 Å². The number of carbonyl (C=O) groups excluding carboxylic acids is 1. The Kier molecular flexibility index (Phi) is 7.35. The molecule has 0 spiro atoms. The van der Waals surface area contributed by atoms with Crippen molar-refractivity contribution in [3.63, 3.8) is 0 Å². The van der Waals surface area contributed by atoms with Crippen LogP contribution in [0.4, 0.5) is 0 Å². The van der Waals surface area contributed by atoms with Gasteiger partial charge < -0.3 is 19.5 Å². The molecule has 2 rings (SSSR count). The Morgan fingerprint density at radius 1 is 1.12 bits per heavy atom. The molecule has 2 aromatic carbocycles. The maximum Gasteiger partial charge on any atom is 0.244 e. The van der Waals surface area contributed by atoms with E-state index in [0.29, 0.717) is 24.7 Å². The Morgan fingerprint density at radius 2 is 1.96 bits per heavy atom. The number of rotatable bonds is 8. The first kappa shape index (κ1) is 18.9. The summed E-state index contributed by atoms with van der Waals surface area (Å²) >= 11 is 3.38. The molecule has 0 heterocycles. The molecule has 0 unspecified atom stereocenters. The summed E-state index contributed by atoms with van der Waals surface area (Å²) in [7, 11) is 3.17. The topological polar surface area (TPSA) is 56.8 Å². The van der Waals surface area contributed by atoms with Crippen LogP contribution >= 0.6 is 15.9 Å². The van der Waals surface area contributed by atoms with Crippen LogP contribution in [0.15, 0.2) is 53.0 Å². The highest BCUT2D eigenvalue weighted by molar-refractivity contribution is 9.10. The summed E-state index contributed by atoms with van der Waals surface area (Å²) in [5.74, 6) is 1.91. The Balaban J connectivity index is 1.82. The number of hydrogen-bond acceptors (Lipinski definition) is 4. The smallest absolute Gasteiger partial charge is 0.244 e.